The zero-order valence-corrected chi connectivity index (χ0v) is 23.9. The maximum Gasteiger partial charge on any atom is 3.00 e. The molecule has 10 nitrogen and oxygen atoms in total. The van der Waals surface area contributed by atoms with E-state index in [1.807, 2.05) is 0 Å². The number of carbonyl (C=O) groups is 3. The number of carboxylic acids is 3. The number of aliphatic hydroxyl groups is 4. The van der Waals surface area contributed by atoms with Gasteiger partial charge in [-0.1, -0.05) is 20.8 Å². The number of hydrogen-bond donors (Lipinski definition) is 7. The first-order valence-electron chi connectivity index (χ1n) is 8.70. The second kappa shape index (κ2) is 26.4. The SMILES string of the molecule is CC(S)CC(=O)[O-].CC(S)CC(=O)[O-].CC(S)CC(=O)[O-].OCC(CO)(CO)CO.[Bi+3]. The van der Waals surface area contributed by atoms with Crippen molar-refractivity contribution in [1.82, 2.24) is 0 Å². The molecule has 14 heteroatoms. The van der Waals surface area contributed by atoms with Crippen molar-refractivity contribution in [1.29, 1.82) is 0 Å². The Labute approximate surface area is 218 Å². The molecule has 31 heavy (non-hydrogen) atoms. The van der Waals surface area contributed by atoms with Crippen LogP contribution in [0, 0.1) is 5.41 Å². The van der Waals surface area contributed by atoms with Gasteiger partial charge in [-0.15, -0.1) is 0 Å². The second-order valence-electron chi connectivity index (χ2n) is 6.41. The second-order valence-corrected chi connectivity index (χ2v) is 9.05. The van der Waals surface area contributed by atoms with Crippen LogP contribution in [0.25, 0.3) is 0 Å². The molecule has 0 saturated heterocycles. The smallest absolute Gasteiger partial charge is 0.550 e. The van der Waals surface area contributed by atoms with Gasteiger partial charge in [0.15, 0.2) is 0 Å². The Morgan fingerprint density at radius 2 is 0.806 bits per heavy atom. The molecule has 3 unspecified atom stereocenters. The number of thiol groups is 3. The number of rotatable bonds is 10. The van der Waals surface area contributed by atoms with E-state index >= 15 is 0 Å². The van der Waals surface area contributed by atoms with Gasteiger partial charge in [0.2, 0.25) is 0 Å². The fourth-order valence-electron chi connectivity index (χ4n) is 1.02. The summed E-state index contributed by atoms with van der Waals surface area (Å²) in [4.78, 5) is 28.9. The molecule has 0 aromatic carbocycles. The van der Waals surface area contributed by atoms with Crippen molar-refractivity contribution in [3.63, 3.8) is 0 Å². The Bertz CT molecular complexity index is 383. The third kappa shape index (κ3) is 41.0. The molecule has 0 spiro atoms. The van der Waals surface area contributed by atoms with E-state index in [1.165, 1.54) is 0 Å². The van der Waals surface area contributed by atoms with Crippen LogP contribution in [0.2, 0.25) is 0 Å². The summed E-state index contributed by atoms with van der Waals surface area (Å²) >= 11 is 11.4. The van der Waals surface area contributed by atoms with E-state index in [0.717, 1.165) is 0 Å². The molecule has 2 radical (unpaired) electrons. The quantitative estimate of drug-likeness (QED) is 0.0867. The zero-order valence-electron chi connectivity index (χ0n) is 17.7. The molecule has 0 aliphatic rings. The van der Waals surface area contributed by atoms with E-state index in [-0.39, 0.29) is 61.2 Å². The molecule has 0 aliphatic heterocycles. The predicted molar refractivity (Wildman–Crippen MR) is 121 cm³/mol. The number of aliphatic carboxylic acids is 3. The van der Waals surface area contributed by atoms with Crippen molar-refractivity contribution in [3.8, 4) is 0 Å². The van der Waals surface area contributed by atoms with Crippen LogP contribution in [0.15, 0.2) is 0 Å². The Balaban J connectivity index is -0.0000000965. The molecular weight excluding hydrogens is 669 g/mol. The first-order chi connectivity index (χ1) is 13.6. The molecule has 0 rings (SSSR count). The number of carbonyl (C=O) groups excluding carboxylic acids is 3. The van der Waals surface area contributed by atoms with Crippen molar-refractivity contribution >= 4 is 82.0 Å². The van der Waals surface area contributed by atoms with Gasteiger partial charge in [0, 0.05) is 33.7 Å². The zero-order chi connectivity index (χ0) is 24.9. The molecule has 0 amide bonds. The van der Waals surface area contributed by atoms with Gasteiger partial charge in [-0.05, 0) is 19.3 Å². The summed E-state index contributed by atoms with van der Waals surface area (Å²) < 4.78 is 0. The van der Waals surface area contributed by atoms with Crippen molar-refractivity contribution in [2.45, 2.75) is 55.8 Å². The van der Waals surface area contributed by atoms with Crippen LogP contribution >= 0.6 is 37.9 Å². The largest absolute Gasteiger partial charge is 3.00 e. The van der Waals surface area contributed by atoms with Crippen LogP contribution in [0.3, 0.4) is 0 Å². The minimum Gasteiger partial charge on any atom is -0.550 e. The van der Waals surface area contributed by atoms with Crippen LogP contribution in [0.4, 0.5) is 0 Å². The average Bonchev–Trinajstić information content (AvgIpc) is 2.55. The number of hydrogen-bond acceptors (Lipinski definition) is 13. The minimum absolute atomic E-state index is 0. The van der Waals surface area contributed by atoms with E-state index in [4.69, 9.17) is 20.4 Å². The van der Waals surface area contributed by atoms with Crippen molar-refractivity contribution in [3.05, 3.63) is 0 Å². The molecule has 0 heterocycles. The Morgan fingerprint density at radius 1 is 0.645 bits per heavy atom. The van der Waals surface area contributed by atoms with Gasteiger partial charge in [-0.2, -0.15) is 37.9 Å². The average molecular weight is 703 g/mol. The summed E-state index contributed by atoms with van der Waals surface area (Å²) in [6.45, 7) is 3.50. The monoisotopic (exact) mass is 702 g/mol. The topological polar surface area (TPSA) is 201 Å². The van der Waals surface area contributed by atoms with Gasteiger partial charge in [0.05, 0.1) is 31.8 Å². The minimum atomic E-state index is -1.11. The maximum atomic E-state index is 9.65. The first-order valence-corrected chi connectivity index (χ1v) is 10.2. The van der Waals surface area contributed by atoms with Crippen LogP contribution in [-0.2, 0) is 14.4 Å². The fourth-order valence-corrected chi connectivity index (χ4v) is 1.47. The van der Waals surface area contributed by atoms with E-state index in [2.05, 4.69) is 37.9 Å². The van der Waals surface area contributed by atoms with Crippen molar-refractivity contribution in [2.24, 2.45) is 5.41 Å². The third-order valence-corrected chi connectivity index (χ3v) is 3.28. The summed E-state index contributed by atoms with van der Waals surface area (Å²) in [5.41, 5.74) is -1.11. The van der Waals surface area contributed by atoms with E-state index < -0.39 is 49.8 Å². The normalized spacial score (nSPS) is 12.6. The van der Waals surface area contributed by atoms with E-state index in [9.17, 15) is 29.7 Å². The fraction of sp³-hybridized carbons (Fsp3) is 0.824. The number of carboxylic acid groups (broad SMARTS) is 3. The van der Waals surface area contributed by atoms with Crippen molar-refractivity contribution in [2.75, 3.05) is 26.4 Å². The van der Waals surface area contributed by atoms with Gasteiger partial charge in [0.25, 0.3) is 0 Å². The van der Waals surface area contributed by atoms with E-state index in [1.54, 1.807) is 20.8 Å². The molecule has 0 aliphatic carbocycles. The van der Waals surface area contributed by atoms with Gasteiger partial charge in [-0.25, -0.2) is 0 Å². The molecule has 0 fully saturated rings. The molecular formula is C17H33BiO10S3. The molecule has 0 saturated carbocycles. The Morgan fingerprint density at radius 3 is 0.806 bits per heavy atom. The molecule has 0 aromatic heterocycles. The summed E-state index contributed by atoms with van der Waals surface area (Å²) in [5.74, 6) is -3.12. The standard InChI is InChI=1S/C5H12O4.3C4H8O2S.Bi/c6-1-5(2-7,3-8)4-9;3*1-3(7)2-4(5)6;/h6-9H,1-4H2;3*3,7H,2H2,1H3,(H,5,6);/q;;;;+3/p-3. The summed E-state index contributed by atoms with van der Waals surface area (Å²) in [7, 11) is 0. The van der Waals surface area contributed by atoms with Gasteiger partial charge in [0.1, 0.15) is 0 Å². The summed E-state index contributed by atoms with van der Waals surface area (Å²) in [5, 5.41) is 62.7. The molecule has 0 bridgehead atoms. The van der Waals surface area contributed by atoms with Gasteiger partial charge >= 0.3 is 26.2 Å². The molecule has 4 N–H and O–H groups in total. The van der Waals surface area contributed by atoms with Crippen LogP contribution < -0.4 is 15.3 Å². The van der Waals surface area contributed by atoms with E-state index in [0.29, 0.717) is 0 Å². The first kappa shape index (κ1) is 41.4. The summed E-state index contributed by atoms with van der Waals surface area (Å²) in [6.07, 6.45) is 0.0926. The van der Waals surface area contributed by atoms with Crippen LogP contribution in [0.5, 0.6) is 0 Å². The number of aliphatic hydroxyl groups excluding tert-OH is 4. The predicted octanol–water partition coefficient (Wildman–Crippen LogP) is -4.10. The van der Waals surface area contributed by atoms with Crippen LogP contribution in [0.1, 0.15) is 40.0 Å². The van der Waals surface area contributed by atoms with Gasteiger partial charge in [-0.3, -0.25) is 0 Å². The molecule has 184 valence electrons. The Kier molecular flexibility index (Phi) is 35.3. The van der Waals surface area contributed by atoms with Crippen LogP contribution in [-0.4, -0.2) is 107 Å². The summed E-state index contributed by atoms with van der Waals surface area (Å²) in [6, 6.07) is 0. The maximum absolute atomic E-state index is 9.65. The Hall–Kier alpha value is 0.183. The van der Waals surface area contributed by atoms with Gasteiger partial charge < -0.3 is 50.1 Å². The molecule has 3 atom stereocenters. The van der Waals surface area contributed by atoms with Crippen molar-refractivity contribution < 1.29 is 50.1 Å². The molecule has 0 aromatic rings. The third-order valence-electron chi connectivity index (χ3n) is 2.73.